The number of thiophene rings is 1. The van der Waals surface area contributed by atoms with Crippen LogP contribution in [0, 0.1) is 12.3 Å². The van der Waals surface area contributed by atoms with E-state index in [2.05, 4.69) is 19.2 Å². The summed E-state index contributed by atoms with van der Waals surface area (Å²) in [6.45, 7) is 6.97. The fraction of sp³-hybridized carbons (Fsp3) is 0.455. The van der Waals surface area contributed by atoms with Gasteiger partial charge in [0.25, 0.3) is 5.91 Å². The lowest BCUT2D eigenvalue weighted by Crippen LogP contribution is -2.23. The van der Waals surface area contributed by atoms with Crippen LogP contribution in [0.25, 0.3) is 0 Å². The van der Waals surface area contributed by atoms with Crippen molar-refractivity contribution in [1.82, 2.24) is 4.90 Å². The van der Waals surface area contributed by atoms with Crippen molar-refractivity contribution in [3.63, 3.8) is 0 Å². The maximum absolute atomic E-state index is 13.0. The molecule has 5 nitrogen and oxygen atoms in total. The molecule has 1 aromatic heterocycles. The zero-order valence-electron chi connectivity index (χ0n) is 17.2. The number of rotatable bonds is 5. The van der Waals surface area contributed by atoms with Crippen LogP contribution in [0.15, 0.2) is 18.2 Å². The summed E-state index contributed by atoms with van der Waals surface area (Å²) in [6.07, 6.45) is 2.62. The third-order valence-corrected chi connectivity index (χ3v) is 6.41. The molecule has 0 fully saturated rings. The molecule has 0 spiro atoms. The van der Waals surface area contributed by atoms with Gasteiger partial charge in [-0.1, -0.05) is 31.5 Å². The number of hydrogen-bond donors (Lipinski definition) is 2. The average Bonchev–Trinajstić information content (AvgIpc) is 2.90. The molecule has 2 N–H and O–H groups in total. The second kappa shape index (κ2) is 7.68. The highest BCUT2D eigenvalue weighted by atomic mass is 32.1. The van der Waals surface area contributed by atoms with Crippen molar-refractivity contribution < 1.29 is 14.7 Å². The van der Waals surface area contributed by atoms with E-state index < -0.39 is 5.97 Å². The molecule has 0 unspecified atom stereocenters. The minimum Gasteiger partial charge on any atom is -0.478 e. The first-order valence-corrected chi connectivity index (χ1v) is 10.3. The highest BCUT2D eigenvalue weighted by Gasteiger charge is 2.33. The molecular weight excluding hydrogens is 372 g/mol. The van der Waals surface area contributed by atoms with Crippen molar-refractivity contribution in [2.45, 2.75) is 46.6 Å². The Morgan fingerprint density at radius 1 is 1.29 bits per heavy atom. The molecule has 0 radical (unpaired) electrons. The lowest BCUT2D eigenvalue weighted by molar-refractivity contribution is 0.0696. The van der Waals surface area contributed by atoms with Gasteiger partial charge in [-0.3, -0.25) is 4.79 Å². The quantitative estimate of drug-likeness (QED) is 0.771. The van der Waals surface area contributed by atoms with Crippen LogP contribution in [-0.2, 0) is 19.4 Å². The number of fused-ring (bicyclic) bond motifs is 1. The highest BCUT2D eigenvalue weighted by molar-refractivity contribution is 7.17. The van der Waals surface area contributed by atoms with Gasteiger partial charge in [0.1, 0.15) is 5.00 Å². The Morgan fingerprint density at radius 2 is 2.00 bits per heavy atom. The van der Waals surface area contributed by atoms with Gasteiger partial charge in [0.2, 0.25) is 0 Å². The fourth-order valence-corrected chi connectivity index (χ4v) is 5.02. The smallest absolute Gasteiger partial charge is 0.339 e. The summed E-state index contributed by atoms with van der Waals surface area (Å²) in [6, 6.07) is 5.74. The third kappa shape index (κ3) is 4.28. The van der Waals surface area contributed by atoms with Crippen LogP contribution in [0.4, 0.5) is 5.00 Å². The van der Waals surface area contributed by atoms with Crippen molar-refractivity contribution in [2.75, 3.05) is 19.4 Å². The number of carboxylic acids is 1. The molecule has 0 aliphatic heterocycles. The minimum absolute atomic E-state index is 0.0788. The van der Waals surface area contributed by atoms with Crippen molar-refractivity contribution >= 4 is 28.2 Å². The Hall–Kier alpha value is -2.18. The van der Waals surface area contributed by atoms with Gasteiger partial charge in [0.05, 0.1) is 5.56 Å². The lowest BCUT2D eigenvalue weighted by atomic mass is 9.76. The van der Waals surface area contributed by atoms with E-state index in [4.69, 9.17) is 0 Å². The summed E-state index contributed by atoms with van der Waals surface area (Å²) in [5.41, 5.74) is 3.84. The molecule has 1 amide bonds. The van der Waals surface area contributed by atoms with Crippen molar-refractivity contribution in [3.8, 4) is 0 Å². The Bertz CT molecular complexity index is 928. The van der Waals surface area contributed by atoms with Crippen LogP contribution in [0.5, 0.6) is 0 Å². The second-order valence-electron chi connectivity index (χ2n) is 8.71. The molecule has 1 aliphatic carbocycles. The maximum Gasteiger partial charge on any atom is 0.339 e. The van der Waals surface area contributed by atoms with E-state index in [0.29, 0.717) is 17.1 Å². The van der Waals surface area contributed by atoms with Crippen LogP contribution in [0.2, 0.25) is 0 Å². The normalized spacial score (nSPS) is 15.4. The SMILES string of the molecule is Cc1ccc(C(=O)Nc2sc3c(c2C(=O)O)CC(C)(C)CC3)c(CN(C)C)c1. The maximum atomic E-state index is 13.0. The molecular formula is C22H28N2O3S. The minimum atomic E-state index is -0.970. The zero-order valence-corrected chi connectivity index (χ0v) is 18.0. The van der Waals surface area contributed by atoms with Gasteiger partial charge >= 0.3 is 5.97 Å². The van der Waals surface area contributed by atoms with Crippen LogP contribution in [-0.4, -0.2) is 36.0 Å². The number of hydrogen-bond acceptors (Lipinski definition) is 4. The number of benzene rings is 1. The van der Waals surface area contributed by atoms with Crippen molar-refractivity contribution in [2.24, 2.45) is 5.41 Å². The molecule has 1 heterocycles. The van der Waals surface area contributed by atoms with Crippen LogP contribution in [0.3, 0.4) is 0 Å². The van der Waals surface area contributed by atoms with E-state index in [0.717, 1.165) is 40.8 Å². The largest absolute Gasteiger partial charge is 0.478 e. The number of nitrogens with zero attached hydrogens (tertiary/aromatic N) is 1. The summed E-state index contributed by atoms with van der Waals surface area (Å²) >= 11 is 1.41. The van der Waals surface area contributed by atoms with E-state index >= 15 is 0 Å². The molecule has 3 rings (SSSR count). The van der Waals surface area contributed by atoms with E-state index in [1.807, 2.05) is 44.1 Å². The summed E-state index contributed by atoms with van der Waals surface area (Å²) in [5, 5.41) is 13.2. The predicted molar refractivity (Wildman–Crippen MR) is 114 cm³/mol. The Morgan fingerprint density at radius 3 is 2.64 bits per heavy atom. The van der Waals surface area contributed by atoms with E-state index in [9.17, 15) is 14.7 Å². The first kappa shape index (κ1) is 20.6. The van der Waals surface area contributed by atoms with Crippen molar-refractivity contribution in [1.29, 1.82) is 0 Å². The van der Waals surface area contributed by atoms with Crippen molar-refractivity contribution in [3.05, 3.63) is 50.9 Å². The molecule has 0 bridgehead atoms. The topological polar surface area (TPSA) is 69.6 Å². The fourth-order valence-electron chi connectivity index (χ4n) is 3.82. The molecule has 0 atom stereocenters. The van der Waals surface area contributed by atoms with Gasteiger partial charge in [0.15, 0.2) is 0 Å². The summed E-state index contributed by atoms with van der Waals surface area (Å²) in [5.74, 6) is -1.22. The molecule has 150 valence electrons. The van der Waals surface area contributed by atoms with Gasteiger partial charge in [-0.05, 0) is 62.9 Å². The summed E-state index contributed by atoms with van der Waals surface area (Å²) < 4.78 is 0. The molecule has 28 heavy (non-hydrogen) atoms. The second-order valence-corrected chi connectivity index (χ2v) is 9.81. The number of carbonyl (C=O) groups is 2. The van der Waals surface area contributed by atoms with Gasteiger partial charge in [-0.25, -0.2) is 4.79 Å². The predicted octanol–water partition coefficient (Wildman–Crippen LogP) is 4.58. The Kier molecular flexibility index (Phi) is 5.64. The van der Waals surface area contributed by atoms with Crippen LogP contribution >= 0.6 is 11.3 Å². The molecule has 0 saturated carbocycles. The summed E-state index contributed by atoms with van der Waals surface area (Å²) in [4.78, 5) is 28.1. The molecule has 0 saturated heterocycles. The standard InChI is InChI=1S/C22H28N2O3S/c1-13-6-7-15(14(10-13)12-24(4)5)19(25)23-20-18(21(26)27)16-11-22(2,3)9-8-17(16)28-20/h6-7,10H,8-9,11-12H2,1-5H3,(H,23,25)(H,26,27). The lowest BCUT2D eigenvalue weighted by Gasteiger charge is -2.29. The monoisotopic (exact) mass is 400 g/mol. The zero-order chi connectivity index (χ0) is 20.6. The van der Waals surface area contributed by atoms with E-state index in [1.54, 1.807) is 0 Å². The average molecular weight is 401 g/mol. The number of anilines is 1. The molecule has 1 aliphatic rings. The van der Waals surface area contributed by atoms with Crippen LogP contribution < -0.4 is 5.32 Å². The number of amides is 1. The Labute approximate surface area is 170 Å². The number of aryl methyl sites for hydroxylation is 2. The third-order valence-electron chi connectivity index (χ3n) is 5.21. The first-order valence-electron chi connectivity index (χ1n) is 9.51. The molecule has 6 heteroatoms. The Balaban J connectivity index is 1.96. The first-order chi connectivity index (χ1) is 13.1. The van der Waals surface area contributed by atoms with E-state index in [-0.39, 0.29) is 16.9 Å². The molecule has 2 aromatic rings. The van der Waals surface area contributed by atoms with Gasteiger partial charge < -0.3 is 15.3 Å². The summed E-state index contributed by atoms with van der Waals surface area (Å²) in [7, 11) is 3.92. The molecule has 1 aromatic carbocycles. The van der Waals surface area contributed by atoms with E-state index in [1.165, 1.54) is 11.3 Å². The van der Waals surface area contributed by atoms with Crippen LogP contribution in [0.1, 0.15) is 62.6 Å². The van der Waals surface area contributed by atoms with Gasteiger partial charge in [-0.2, -0.15) is 0 Å². The van der Waals surface area contributed by atoms with Gasteiger partial charge in [-0.15, -0.1) is 11.3 Å². The number of carbonyl (C=O) groups excluding carboxylic acids is 1. The number of aromatic carboxylic acids is 1. The highest BCUT2D eigenvalue weighted by Crippen LogP contribution is 2.43. The number of nitrogens with one attached hydrogen (secondary N) is 1. The van der Waals surface area contributed by atoms with Gasteiger partial charge in [0, 0.05) is 17.0 Å². The number of carboxylic acid groups (broad SMARTS) is 1.